The normalized spacial score (nSPS) is 17.6. The SMILES string of the molecule is Cc1c(C(=O)N2CCC3(CN(C(=O)OC(C)(C)C)C3)C2)cnn1-c1nn2cccc2c(=O)[nH]1. The minimum atomic E-state index is -0.528. The number of likely N-dealkylation sites (tertiary alicyclic amines) is 2. The summed E-state index contributed by atoms with van der Waals surface area (Å²) in [4.78, 5) is 44.0. The molecule has 0 radical (unpaired) electrons. The van der Waals surface area contributed by atoms with Crippen molar-refractivity contribution in [1.82, 2.24) is 34.2 Å². The largest absolute Gasteiger partial charge is 0.444 e. The molecule has 3 aromatic heterocycles. The molecule has 2 aliphatic heterocycles. The monoisotopic (exact) mass is 453 g/mol. The van der Waals surface area contributed by atoms with Crippen LogP contribution in [-0.4, -0.2) is 78.0 Å². The molecule has 0 aromatic carbocycles. The summed E-state index contributed by atoms with van der Waals surface area (Å²) >= 11 is 0. The Kier molecular flexibility index (Phi) is 4.62. The molecule has 2 aliphatic rings. The number of ether oxygens (including phenoxy) is 1. The Morgan fingerprint density at radius 2 is 1.91 bits per heavy atom. The Hall–Kier alpha value is -3.63. The molecule has 0 aliphatic carbocycles. The topological polar surface area (TPSA) is 118 Å². The van der Waals surface area contributed by atoms with Crippen molar-refractivity contribution in [3.63, 3.8) is 0 Å². The second-order valence-corrected chi connectivity index (χ2v) is 9.98. The van der Waals surface area contributed by atoms with Gasteiger partial charge in [0.25, 0.3) is 11.5 Å². The smallest absolute Gasteiger partial charge is 0.410 e. The van der Waals surface area contributed by atoms with E-state index in [0.29, 0.717) is 43.0 Å². The van der Waals surface area contributed by atoms with Gasteiger partial charge in [-0.15, -0.1) is 5.10 Å². The van der Waals surface area contributed by atoms with Gasteiger partial charge < -0.3 is 14.5 Å². The molecule has 0 saturated carbocycles. The standard InChI is InChI=1S/C22H27N7O4/c1-14-15(10-23-29(14)19-24-17(30)16-6-5-8-28(16)25-19)18(31)26-9-7-22(11-26)12-27(13-22)20(32)33-21(2,3)4/h5-6,8,10H,7,9,11-13H2,1-4H3,(H,24,25,30). The van der Waals surface area contributed by atoms with Gasteiger partial charge in [-0.25, -0.2) is 14.0 Å². The third-order valence-corrected chi connectivity index (χ3v) is 6.26. The fourth-order valence-corrected chi connectivity index (χ4v) is 4.62. The number of nitrogens with one attached hydrogen (secondary N) is 1. The van der Waals surface area contributed by atoms with Crippen LogP contribution in [0.3, 0.4) is 0 Å². The first kappa shape index (κ1) is 21.2. The number of nitrogens with zero attached hydrogens (tertiary/aromatic N) is 6. The van der Waals surface area contributed by atoms with Crippen LogP contribution in [0.25, 0.3) is 11.5 Å². The number of amides is 2. The molecule has 0 atom stereocenters. The first-order valence-electron chi connectivity index (χ1n) is 11.0. The highest BCUT2D eigenvalue weighted by molar-refractivity contribution is 5.95. The molecular formula is C22H27N7O4. The fourth-order valence-electron chi connectivity index (χ4n) is 4.62. The molecule has 0 unspecified atom stereocenters. The Morgan fingerprint density at radius 3 is 2.64 bits per heavy atom. The predicted molar refractivity (Wildman–Crippen MR) is 118 cm³/mol. The number of H-pyrrole nitrogens is 1. The van der Waals surface area contributed by atoms with Crippen molar-refractivity contribution in [2.75, 3.05) is 26.2 Å². The second-order valence-electron chi connectivity index (χ2n) is 9.98. The number of hydrogen-bond acceptors (Lipinski definition) is 6. The quantitative estimate of drug-likeness (QED) is 0.630. The van der Waals surface area contributed by atoms with Gasteiger partial charge in [0.1, 0.15) is 11.1 Å². The molecule has 1 spiro atoms. The van der Waals surface area contributed by atoms with E-state index in [1.165, 1.54) is 15.4 Å². The molecule has 5 rings (SSSR count). The number of hydrogen-bond donors (Lipinski definition) is 1. The number of carbonyl (C=O) groups is 2. The Balaban J connectivity index is 1.29. The zero-order chi connectivity index (χ0) is 23.5. The molecule has 174 valence electrons. The Morgan fingerprint density at radius 1 is 1.18 bits per heavy atom. The number of carbonyl (C=O) groups excluding carboxylic acids is 2. The summed E-state index contributed by atoms with van der Waals surface area (Å²) in [5.74, 6) is 0.126. The summed E-state index contributed by atoms with van der Waals surface area (Å²) in [6.45, 7) is 9.70. The van der Waals surface area contributed by atoms with Crippen molar-refractivity contribution in [3.8, 4) is 5.95 Å². The minimum absolute atomic E-state index is 0.0806. The summed E-state index contributed by atoms with van der Waals surface area (Å²) in [7, 11) is 0. The maximum Gasteiger partial charge on any atom is 0.410 e. The number of aromatic amines is 1. The summed E-state index contributed by atoms with van der Waals surface area (Å²) in [6, 6.07) is 3.41. The molecule has 11 nitrogen and oxygen atoms in total. The van der Waals surface area contributed by atoms with Crippen molar-refractivity contribution in [2.24, 2.45) is 5.41 Å². The van der Waals surface area contributed by atoms with Crippen molar-refractivity contribution in [2.45, 2.75) is 39.7 Å². The average Bonchev–Trinajstić information content (AvgIpc) is 3.42. The third kappa shape index (κ3) is 3.66. The summed E-state index contributed by atoms with van der Waals surface area (Å²) in [5, 5.41) is 8.68. The number of aromatic nitrogens is 5. The molecule has 11 heteroatoms. The van der Waals surface area contributed by atoms with Gasteiger partial charge in [0.15, 0.2) is 0 Å². The Bertz CT molecular complexity index is 1310. The van der Waals surface area contributed by atoms with Gasteiger partial charge in [-0.05, 0) is 46.2 Å². The van der Waals surface area contributed by atoms with E-state index in [1.807, 2.05) is 25.7 Å². The highest BCUT2D eigenvalue weighted by Gasteiger charge is 2.51. The summed E-state index contributed by atoms with van der Waals surface area (Å²) in [5.41, 5.74) is 0.602. The van der Waals surface area contributed by atoms with Crippen LogP contribution < -0.4 is 5.56 Å². The van der Waals surface area contributed by atoms with E-state index < -0.39 is 5.60 Å². The van der Waals surface area contributed by atoms with Crippen LogP contribution in [0.15, 0.2) is 29.3 Å². The molecule has 0 bridgehead atoms. The first-order chi connectivity index (χ1) is 15.6. The lowest BCUT2D eigenvalue weighted by molar-refractivity contribution is -0.0297. The van der Waals surface area contributed by atoms with Crippen LogP contribution in [0.2, 0.25) is 0 Å². The van der Waals surface area contributed by atoms with Crippen LogP contribution in [0.5, 0.6) is 0 Å². The van der Waals surface area contributed by atoms with Gasteiger partial charge in [-0.1, -0.05) is 0 Å². The van der Waals surface area contributed by atoms with E-state index in [0.717, 1.165) is 6.42 Å². The van der Waals surface area contributed by atoms with Gasteiger partial charge in [-0.3, -0.25) is 14.6 Å². The highest BCUT2D eigenvalue weighted by Crippen LogP contribution is 2.40. The average molecular weight is 454 g/mol. The molecular weight excluding hydrogens is 426 g/mol. The maximum absolute atomic E-state index is 13.3. The van der Waals surface area contributed by atoms with E-state index in [1.54, 1.807) is 30.2 Å². The first-order valence-corrected chi connectivity index (χ1v) is 11.0. The summed E-state index contributed by atoms with van der Waals surface area (Å²) in [6.07, 6.45) is 3.72. The lowest BCUT2D eigenvalue weighted by Crippen LogP contribution is -2.60. The lowest BCUT2D eigenvalue weighted by atomic mass is 9.79. The van der Waals surface area contributed by atoms with E-state index in [9.17, 15) is 14.4 Å². The minimum Gasteiger partial charge on any atom is -0.444 e. The van der Waals surface area contributed by atoms with Gasteiger partial charge in [0.05, 0.1) is 17.5 Å². The zero-order valence-corrected chi connectivity index (χ0v) is 19.2. The molecule has 2 saturated heterocycles. The fraction of sp³-hybridized carbons (Fsp3) is 0.500. The third-order valence-electron chi connectivity index (χ3n) is 6.26. The van der Waals surface area contributed by atoms with Gasteiger partial charge >= 0.3 is 6.09 Å². The van der Waals surface area contributed by atoms with E-state index in [2.05, 4.69) is 15.2 Å². The second kappa shape index (κ2) is 7.19. The van der Waals surface area contributed by atoms with Gasteiger partial charge in [-0.2, -0.15) is 5.10 Å². The molecule has 1 N–H and O–H groups in total. The van der Waals surface area contributed by atoms with Crippen LogP contribution in [0.1, 0.15) is 43.2 Å². The van der Waals surface area contributed by atoms with Crippen LogP contribution >= 0.6 is 0 Å². The van der Waals surface area contributed by atoms with E-state index in [-0.39, 0.29) is 28.9 Å². The Labute approximate surface area is 189 Å². The van der Waals surface area contributed by atoms with Crippen LogP contribution in [0.4, 0.5) is 4.79 Å². The van der Waals surface area contributed by atoms with Gasteiger partial charge in [0, 0.05) is 37.8 Å². The molecule has 2 amide bonds. The maximum atomic E-state index is 13.3. The highest BCUT2D eigenvalue weighted by atomic mass is 16.6. The lowest BCUT2D eigenvalue weighted by Gasteiger charge is -2.47. The molecule has 5 heterocycles. The number of fused-ring (bicyclic) bond motifs is 1. The molecule has 2 fully saturated rings. The number of rotatable bonds is 2. The molecule has 33 heavy (non-hydrogen) atoms. The van der Waals surface area contributed by atoms with Crippen LogP contribution in [0, 0.1) is 12.3 Å². The van der Waals surface area contributed by atoms with Crippen molar-refractivity contribution in [1.29, 1.82) is 0 Å². The predicted octanol–water partition coefficient (Wildman–Crippen LogP) is 1.60. The van der Waals surface area contributed by atoms with Crippen molar-refractivity contribution in [3.05, 3.63) is 46.1 Å². The van der Waals surface area contributed by atoms with Crippen molar-refractivity contribution < 1.29 is 14.3 Å². The van der Waals surface area contributed by atoms with Crippen molar-refractivity contribution >= 4 is 17.5 Å². The van der Waals surface area contributed by atoms with E-state index in [4.69, 9.17) is 4.74 Å². The van der Waals surface area contributed by atoms with E-state index >= 15 is 0 Å². The zero-order valence-electron chi connectivity index (χ0n) is 19.2. The molecule has 3 aromatic rings. The summed E-state index contributed by atoms with van der Waals surface area (Å²) < 4.78 is 8.39. The van der Waals surface area contributed by atoms with Crippen LogP contribution in [-0.2, 0) is 4.74 Å². The van der Waals surface area contributed by atoms with Gasteiger partial charge in [0.2, 0.25) is 5.95 Å².